The third-order valence-corrected chi connectivity index (χ3v) is 5.83. The van der Waals surface area contributed by atoms with Crippen molar-refractivity contribution in [2.45, 2.75) is 37.8 Å². The van der Waals surface area contributed by atoms with Gasteiger partial charge in [-0.05, 0) is 56.0 Å². The van der Waals surface area contributed by atoms with Crippen LogP contribution in [0.25, 0.3) is 10.9 Å². The van der Waals surface area contributed by atoms with E-state index in [9.17, 15) is 4.79 Å². The average molecular weight is 454 g/mol. The first-order chi connectivity index (χ1) is 15.5. The van der Waals surface area contributed by atoms with Crippen molar-refractivity contribution in [1.29, 1.82) is 0 Å². The van der Waals surface area contributed by atoms with E-state index in [1.165, 1.54) is 0 Å². The van der Waals surface area contributed by atoms with Crippen molar-refractivity contribution >= 4 is 40.2 Å². The minimum atomic E-state index is -0.116. The Kier molecular flexibility index (Phi) is 6.95. The lowest BCUT2D eigenvalue weighted by Gasteiger charge is -2.30. The maximum Gasteiger partial charge on any atom is 0.258 e. The fourth-order valence-corrected chi connectivity index (χ4v) is 4.19. The summed E-state index contributed by atoms with van der Waals surface area (Å²) in [5, 5.41) is 8.19. The third-order valence-electron chi connectivity index (χ3n) is 5.60. The van der Waals surface area contributed by atoms with E-state index in [0.717, 1.165) is 42.4 Å². The molecule has 0 saturated heterocycles. The van der Waals surface area contributed by atoms with E-state index in [1.807, 2.05) is 43.3 Å². The molecule has 2 N–H and O–H groups in total. The van der Waals surface area contributed by atoms with Crippen LogP contribution in [-0.2, 0) is 4.79 Å². The van der Waals surface area contributed by atoms with Gasteiger partial charge >= 0.3 is 0 Å². The van der Waals surface area contributed by atoms with Crippen LogP contribution in [0.15, 0.2) is 48.5 Å². The summed E-state index contributed by atoms with van der Waals surface area (Å²) in [5.41, 5.74) is 0.925. The summed E-state index contributed by atoms with van der Waals surface area (Å²) in [6, 6.07) is 15.5. The Morgan fingerprint density at radius 2 is 1.81 bits per heavy atom. The van der Waals surface area contributed by atoms with E-state index in [-0.39, 0.29) is 24.6 Å². The number of carbonyl (C=O) groups excluding carboxylic acids is 1. The summed E-state index contributed by atoms with van der Waals surface area (Å²) in [6.45, 7) is -0.0171. The molecule has 2 aromatic carbocycles. The molecule has 1 saturated carbocycles. The number of nitrogens with one attached hydrogen (secondary N) is 2. The van der Waals surface area contributed by atoms with Gasteiger partial charge in [0.25, 0.3) is 5.91 Å². The second-order valence-corrected chi connectivity index (χ2v) is 8.73. The number of aromatic nitrogens is 2. The number of fused-ring (bicyclic) bond motifs is 1. The zero-order valence-electron chi connectivity index (χ0n) is 18.3. The number of nitrogens with zero attached hydrogens (tertiary/aromatic N) is 3. The normalized spacial score (nSPS) is 18.2. The number of ether oxygens (including phenoxy) is 1. The predicted molar refractivity (Wildman–Crippen MR) is 129 cm³/mol. The van der Waals surface area contributed by atoms with Crippen molar-refractivity contribution in [2.24, 2.45) is 0 Å². The average Bonchev–Trinajstić information content (AvgIpc) is 2.78. The summed E-state index contributed by atoms with van der Waals surface area (Å²) >= 11 is 5.94. The van der Waals surface area contributed by atoms with Gasteiger partial charge in [0.15, 0.2) is 6.61 Å². The van der Waals surface area contributed by atoms with Gasteiger partial charge in [0.1, 0.15) is 11.6 Å². The number of hydrogen-bond acceptors (Lipinski definition) is 6. The van der Waals surface area contributed by atoms with Crippen molar-refractivity contribution < 1.29 is 9.53 Å². The first-order valence-corrected chi connectivity index (χ1v) is 11.2. The molecular formula is C24H28ClN5O2. The highest BCUT2D eigenvalue weighted by Crippen LogP contribution is 2.26. The van der Waals surface area contributed by atoms with Gasteiger partial charge in [-0.25, -0.2) is 4.98 Å². The molecule has 1 aliphatic rings. The Morgan fingerprint density at radius 3 is 2.56 bits per heavy atom. The number of benzene rings is 2. The van der Waals surface area contributed by atoms with E-state index in [2.05, 4.69) is 10.6 Å². The molecule has 1 aliphatic carbocycles. The Hall–Kier alpha value is -3.06. The minimum absolute atomic E-state index is 0.0171. The molecule has 3 aromatic rings. The van der Waals surface area contributed by atoms with E-state index < -0.39 is 0 Å². The molecule has 1 aromatic heterocycles. The Morgan fingerprint density at radius 1 is 1.06 bits per heavy atom. The molecule has 1 amide bonds. The van der Waals surface area contributed by atoms with E-state index in [0.29, 0.717) is 16.7 Å². The molecule has 0 spiro atoms. The van der Waals surface area contributed by atoms with Crippen LogP contribution < -0.4 is 20.3 Å². The fraction of sp³-hybridized carbons (Fsp3) is 0.375. The zero-order valence-corrected chi connectivity index (χ0v) is 19.1. The maximum atomic E-state index is 12.3. The summed E-state index contributed by atoms with van der Waals surface area (Å²) in [5.74, 6) is 2.02. The lowest BCUT2D eigenvalue weighted by molar-refractivity contribution is -0.124. The molecule has 0 bridgehead atoms. The second kappa shape index (κ2) is 10.0. The Balaban J connectivity index is 1.28. The molecule has 1 fully saturated rings. The van der Waals surface area contributed by atoms with Crippen molar-refractivity contribution in [1.82, 2.24) is 15.3 Å². The Labute approximate surface area is 193 Å². The number of hydrogen-bond donors (Lipinski definition) is 2. The summed E-state index contributed by atoms with van der Waals surface area (Å²) in [4.78, 5) is 23.7. The van der Waals surface area contributed by atoms with Crippen LogP contribution in [0.5, 0.6) is 5.75 Å². The van der Waals surface area contributed by atoms with Crippen molar-refractivity contribution in [2.75, 3.05) is 30.9 Å². The van der Waals surface area contributed by atoms with Crippen LogP contribution >= 0.6 is 11.6 Å². The summed E-state index contributed by atoms with van der Waals surface area (Å²) < 4.78 is 5.53. The quantitative estimate of drug-likeness (QED) is 0.556. The van der Waals surface area contributed by atoms with Crippen LogP contribution in [-0.4, -0.2) is 48.7 Å². The first-order valence-electron chi connectivity index (χ1n) is 10.9. The van der Waals surface area contributed by atoms with Gasteiger partial charge < -0.3 is 20.3 Å². The monoisotopic (exact) mass is 453 g/mol. The highest BCUT2D eigenvalue weighted by molar-refractivity contribution is 6.30. The predicted octanol–water partition coefficient (Wildman–Crippen LogP) is 4.27. The third kappa shape index (κ3) is 5.59. The fourth-order valence-electron chi connectivity index (χ4n) is 4.00. The van der Waals surface area contributed by atoms with Gasteiger partial charge in [-0.2, -0.15) is 4.98 Å². The molecule has 32 heavy (non-hydrogen) atoms. The number of halogens is 1. The van der Waals surface area contributed by atoms with Gasteiger partial charge in [0.2, 0.25) is 5.95 Å². The largest absolute Gasteiger partial charge is 0.484 e. The summed E-state index contributed by atoms with van der Waals surface area (Å²) in [7, 11) is 3.98. The van der Waals surface area contributed by atoms with Gasteiger partial charge in [-0.1, -0.05) is 29.8 Å². The van der Waals surface area contributed by atoms with Crippen molar-refractivity contribution in [3.05, 3.63) is 53.6 Å². The van der Waals surface area contributed by atoms with E-state index >= 15 is 0 Å². The lowest BCUT2D eigenvalue weighted by atomic mass is 9.91. The topological polar surface area (TPSA) is 79.4 Å². The first kappa shape index (κ1) is 22.1. The van der Waals surface area contributed by atoms with Crippen molar-refractivity contribution in [3.63, 3.8) is 0 Å². The molecular weight excluding hydrogens is 426 g/mol. The summed E-state index contributed by atoms with van der Waals surface area (Å²) in [6.07, 6.45) is 3.67. The van der Waals surface area contributed by atoms with Crippen LogP contribution in [0.1, 0.15) is 25.7 Å². The lowest BCUT2D eigenvalue weighted by Crippen LogP contribution is -2.42. The van der Waals surface area contributed by atoms with Crippen LogP contribution in [0.3, 0.4) is 0 Å². The molecule has 1 heterocycles. The molecule has 0 aliphatic heterocycles. The molecule has 4 rings (SSSR count). The smallest absolute Gasteiger partial charge is 0.258 e. The molecule has 0 unspecified atom stereocenters. The SMILES string of the molecule is CN(C)c1nc(NC2CCC(NC(=O)COc3cccc(Cl)c3)CC2)nc2ccccc12. The highest BCUT2D eigenvalue weighted by atomic mass is 35.5. The highest BCUT2D eigenvalue weighted by Gasteiger charge is 2.23. The van der Waals surface area contributed by atoms with Gasteiger partial charge in [-0.3, -0.25) is 4.79 Å². The van der Waals surface area contributed by atoms with Gasteiger partial charge in [0.05, 0.1) is 5.52 Å². The van der Waals surface area contributed by atoms with Gasteiger partial charge in [0, 0.05) is 36.6 Å². The maximum absolute atomic E-state index is 12.3. The number of anilines is 2. The van der Waals surface area contributed by atoms with Crippen LogP contribution in [0.2, 0.25) is 5.02 Å². The molecule has 7 nitrogen and oxygen atoms in total. The van der Waals surface area contributed by atoms with Crippen LogP contribution in [0.4, 0.5) is 11.8 Å². The number of carbonyl (C=O) groups is 1. The molecule has 0 atom stereocenters. The molecule has 8 heteroatoms. The molecule has 0 radical (unpaired) electrons. The van der Waals surface area contributed by atoms with E-state index in [1.54, 1.807) is 24.3 Å². The number of para-hydroxylation sites is 1. The minimum Gasteiger partial charge on any atom is -0.484 e. The molecule has 168 valence electrons. The van der Waals surface area contributed by atoms with E-state index in [4.69, 9.17) is 26.3 Å². The Bertz CT molecular complexity index is 1080. The standard InChI is InChI=1S/C24H28ClN5O2/c1-30(2)23-20-8-3-4-9-21(20)28-24(29-23)27-18-12-10-17(11-13-18)26-22(31)15-32-19-7-5-6-16(25)14-19/h3-9,14,17-18H,10-13,15H2,1-2H3,(H,26,31)(H,27,28,29). The zero-order chi connectivity index (χ0) is 22.5. The van der Waals surface area contributed by atoms with Crippen molar-refractivity contribution in [3.8, 4) is 5.75 Å². The van der Waals surface area contributed by atoms with Gasteiger partial charge in [-0.15, -0.1) is 0 Å². The van der Waals surface area contributed by atoms with Crippen LogP contribution in [0, 0.1) is 0 Å². The number of rotatable bonds is 7. The number of amides is 1. The second-order valence-electron chi connectivity index (χ2n) is 8.29.